The van der Waals surface area contributed by atoms with Crippen molar-refractivity contribution in [2.45, 2.75) is 39.3 Å². The monoisotopic (exact) mass is 351 g/mol. The lowest BCUT2D eigenvalue weighted by Crippen LogP contribution is -2.35. The number of H-pyrrole nitrogens is 1. The van der Waals surface area contributed by atoms with E-state index in [2.05, 4.69) is 21.8 Å². The van der Waals surface area contributed by atoms with Crippen molar-refractivity contribution in [3.63, 3.8) is 0 Å². The molecule has 4 nitrogen and oxygen atoms in total. The van der Waals surface area contributed by atoms with Gasteiger partial charge in [0, 0.05) is 41.7 Å². The predicted molar refractivity (Wildman–Crippen MR) is 93.1 cm³/mol. The van der Waals surface area contributed by atoms with Crippen LogP contribution in [0.5, 0.6) is 0 Å². The highest BCUT2D eigenvalue weighted by Crippen LogP contribution is 2.24. The minimum atomic E-state index is 0.0163. The smallest absolute Gasteiger partial charge is 0.254 e. The van der Waals surface area contributed by atoms with Crippen LogP contribution in [0.4, 0.5) is 0 Å². The quantitative estimate of drug-likeness (QED) is 0.915. The predicted octanol–water partition coefficient (Wildman–Crippen LogP) is 3.59. The van der Waals surface area contributed by atoms with Crippen LogP contribution in [-0.4, -0.2) is 21.4 Å². The van der Waals surface area contributed by atoms with E-state index >= 15 is 0 Å². The highest BCUT2D eigenvalue weighted by molar-refractivity contribution is 6.35. The zero-order valence-electron chi connectivity index (χ0n) is 13.0. The second-order valence-electron chi connectivity index (χ2n) is 5.88. The summed E-state index contributed by atoms with van der Waals surface area (Å²) in [6.45, 7) is 4.31. The van der Waals surface area contributed by atoms with Gasteiger partial charge in [-0.15, -0.1) is 0 Å². The third kappa shape index (κ3) is 3.77. The third-order valence-corrected chi connectivity index (χ3v) is 4.68. The van der Waals surface area contributed by atoms with E-state index in [4.69, 9.17) is 23.2 Å². The number of rotatable bonds is 4. The molecule has 3 rings (SSSR count). The number of aromatic nitrogens is 2. The van der Waals surface area contributed by atoms with Gasteiger partial charge in [-0.05, 0) is 30.5 Å². The van der Waals surface area contributed by atoms with E-state index in [0.717, 1.165) is 55.0 Å². The largest absolute Gasteiger partial charge is 0.310 e. The van der Waals surface area contributed by atoms with Crippen LogP contribution in [0, 0.1) is 0 Å². The van der Waals surface area contributed by atoms with Crippen LogP contribution in [0.25, 0.3) is 0 Å². The van der Waals surface area contributed by atoms with E-state index in [1.54, 1.807) is 6.07 Å². The number of hydrogen-bond donors (Lipinski definition) is 1. The van der Waals surface area contributed by atoms with Crippen LogP contribution in [-0.2, 0) is 25.9 Å². The summed E-state index contributed by atoms with van der Waals surface area (Å²) >= 11 is 12.2. The highest BCUT2D eigenvalue weighted by atomic mass is 35.5. The number of nitrogens with one attached hydrogen (secondary N) is 1. The molecule has 1 N–H and O–H groups in total. The molecule has 0 atom stereocenters. The fourth-order valence-electron chi connectivity index (χ4n) is 2.93. The number of nitrogens with zero attached hydrogens (tertiary/aromatic N) is 2. The Kier molecular flexibility index (Phi) is 5.05. The van der Waals surface area contributed by atoms with E-state index < -0.39 is 0 Å². The average molecular weight is 352 g/mol. The molecule has 1 aliphatic rings. The molecule has 0 saturated carbocycles. The van der Waals surface area contributed by atoms with Gasteiger partial charge in [0.05, 0.1) is 5.69 Å². The van der Waals surface area contributed by atoms with Crippen LogP contribution in [0.15, 0.2) is 23.0 Å². The van der Waals surface area contributed by atoms with Gasteiger partial charge in [-0.1, -0.05) is 36.2 Å². The van der Waals surface area contributed by atoms with Crippen molar-refractivity contribution in [2.24, 2.45) is 0 Å². The Bertz CT molecular complexity index is 773. The van der Waals surface area contributed by atoms with E-state index in [-0.39, 0.29) is 5.56 Å². The second-order valence-corrected chi connectivity index (χ2v) is 6.73. The average Bonchev–Trinajstić information content (AvgIpc) is 2.50. The molecular weight excluding hydrogens is 333 g/mol. The van der Waals surface area contributed by atoms with Crippen molar-refractivity contribution in [1.82, 2.24) is 14.9 Å². The Labute approximate surface area is 145 Å². The van der Waals surface area contributed by atoms with E-state index in [1.807, 2.05) is 12.1 Å². The van der Waals surface area contributed by atoms with Crippen LogP contribution >= 0.6 is 23.2 Å². The van der Waals surface area contributed by atoms with Crippen LogP contribution in [0.2, 0.25) is 10.0 Å². The van der Waals surface area contributed by atoms with Crippen molar-refractivity contribution < 1.29 is 0 Å². The highest BCUT2D eigenvalue weighted by Gasteiger charge is 2.21. The Hall–Kier alpha value is -1.36. The lowest BCUT2D eigenvalue weighted by molar-refractivity contribution is 0.240. The lowest BCUT2D eigenvalue weighted by Gasteiger charge is -2.28. The van der Waals surface area contributed by atoms with E-state index in [0.29, 0.717) is 16.6 Å². The first kappa shape index (κ1) is 16.5. The SMILES string of the molecule is CCCc1nc2c(c(=O)[nH]1)CCN(Cc1ccc(Cl)cc1Cl)C2. The summed E-state index contributed by atoms with van der Waals surface area (Å²) in [5, 5.41) is 1.31. The van der Waals surface area contributed by atoms with Crippen molar-refractivity contribution in [3.05, 3.63) is 61.2 Å². The fraction of sp³-hybridized carbons (Fsp3) is 0.412. The van der Waals surface area contributed by atoms with Gasteiger partial charge in [0.15, 0.2) is 0 Å². The molecule has 122 valence electrons. The molecule has 0 unspecified atom stereocenters. The number of aryl methyl sites for hydroxylation is 1. The zero-order valence-corrected chi connectivity index (χ0v) is 14.5. The summed E-state index contributed by atoms with van der Waals surface area (Å²) in [6.07, 6.45) is 2.48. The molecule has 1 aromatic heterocycles. The summed E-state index contributed by atoms with van der Waals surface area (Å²) in [5.41, 5.74) is 2.78. The maximum Gasteiger partial charge on any atom is 0.254 e. The molecular formula is C17H19Cl2N3O. The summed E-state index contributed by atoms with van der Waals surface area (Å²) in [5.74, 6) is 0.780. The third-order valence-electron chi connectivity index (χ3n) is 4.10. The van der Waals surface area contributed by atoms with Gasteiger partial charge in [0.25, 0.3) is 5.56 Å². The first-order valence-corrected chi connectivity index (χ1v) is 8.59. The molecule has 1 aromatic carbocycles. The molecule has 23 heavy (non-hydrogen) atoms. The number of aromatic amines is 1. The van der Waals surface area contributed by atoms with Crippen LogP contribution in [0.1, 0.15) is 36.0 Å². The molecule has 1 aliphatic heterocycles. The number of hydrogen-bond acceptors (Lipinski definition) is 3. The maximum absolute atomic E-state index is 12.2. The molecule has 2 aromatic rings. The van der Waals surface area contributed by atoms with E-state index in [1.165, 1.54) is 0 Å². The number of fused-ring (bicyclic) bond motifs is 1. The summed E-state index contributed by atoms with van der Waals surface area (Å²) in [7, 11) is 0. The van der Waals surface area contributed by atoms with Crippen LogP contribution < -0.4 is 5.56 Å². The van der Waals surface area contributed by atoms with Crippen molar-refractivity contribution in [1.29, 1.82) is 0 Å². The van der Waals surface area contributed by atoms with Gasteiger partial charge in [-0.2, -0.15) is 0 Å². The van der Waals surface area contributed by atoms with Gasteiger partial charge in [0.2, 0.25) is 0 Å². The minimum Gasteiger partial charge on any atom is -0.310 e. The number of halogens is 2. The summed E-state index contributed by atoms with van der Waals surface area (Å²) in [6, 6.07) is 5.57. The molecule has 0 spiro atoms. The molecule has 0 amide bonds. The van der Waals surface area contributed by atoms with Crippen molar-refractivity contribution >= 4 is 23.2 Å². The first-order chi connectivity index (χ1) is 11.1. The van der Waals surface area contributed by atoms with Crippen LogP contribution in [0.3, 0.4) is 0 Å². The fourth-order valence-corrected chi connectivity index (χ4v) is 3.39. The Morgan fingerprint density at radius 3 is 2.91 bits per heavy atom. The van der Waals surface area contributed by atoms with Gasteiger partial charge in [-0.25, -0.2) is 4.98 Å². The molecule has 6 heteroatoms. The van der Waals surface area contributed by atoms with Gasteiger partial charge < -0.3 is 4.98 Å². The first-order valence-electron chi connectivity index (χ1n) is 7.84. The summed E-state index contributed by atoms with van der Waals surface area (Å²) < 4.78 is 0. The Morgan fingerprint density at radius 2 is 2.17 bits per heavy atom. The lowest BCUT2D eigenvalue weighted by atomic mass is 10.1. The molecule has 0 bridgehead atoms. The zero-order chi connectivity index (χ0) is 16.4. The minimum absolute atomic E-state index is 0.0163. The van der Waals surface area contributed by atoms with Gasteiger partial charge in [-0.3, -0.25) is 9.69 Å². The molecule has 0 aliphatic carbocycles. The number of benzene rings is 1. The van der Waals surface area contributed by atoms with Crippen molar-refractivity contribution in [2.75, 3.05) is 6.54 Å². The second kappa shape index (κ2) is 7.04. The Morgan fingerprint density at radius 1 is 1.35 bits per heavy atom. The standard InChI is InChI=1S/C17H19Cl2N3O/c1-2-3-16-20-15-10-22(7-6-13(15)17(23)21-16)9-11-4-5-12(18)8-14(11)19/h4-5,8H,2-3,6-7,9-10H2,1H3,(H,20,21,23). The van der Waals surface area contributed by atoms with E-state index in [9.17, 15) is 4.79 Å². The van der Waals surface area contributed by atoms with Crippen molar-refractivity contribution in [3.8, 4) is 0 Å². The topological polar surface area (TPSA) is 49.0 Å². The molecule has 2 heterocycles. The maximum atomic E-state index is 12.2. The van der Waals surface area contributed by atoms with Gasteiger partial charge >= 0.3 is 0 Å². The summed E-state index contributed by atoms with van der Waals surface area (Å²) in [4.78, 5) is 22.0. The normalized spacial score (nSPS) is 14.7. The van der Waals surface area contributed by atoms with Gasteiger partial charge in [0.1, 0.15) is 5.82 Å². The molecule has 0 fully saturated rings. The molecule has 0 radical (unpaired) electrons. The molecule has 0 saturated heterocycles. The Balaban J connectivity index is 1.80.